The Morgan fingerprint density at radius 1 is 1.26 bits per heavy atom. The Labute approximate surface area is 166 Å². The van der Waals surface area contributed by atoms with Crippen LogP contribution in [0, 0.1) is 0 Å². The van der Waals surface area contributed by atoms with E-state index in [0.717, 1.165) is 0 Å². The maximum absolute atomic E-state index is 12.1. The lowest BCUT2D eigenvalue weighted by atomic mass is 9.90. The largest absolute Gasteiger partial charge is 0.394 e. The average molecular weight is 411 g/mol. The molecule has 1 saturated heterocycles. The van der Waals surface area contributed by atoms with Crippen LogP contribution >= 0.6 is 23.2 Å². The first kappa shape index (κ1) is 19.6. The number of carbonyl (C=O) groups is 1. The number of nitrogens with zero attached hydrogens (tertiary/aromatic N) is 3. The van der Waals surface area contributed by atoms with Crippen molar-refractivity contribution < 1.29 is 9.90 Å². The number of primary amides is 1. The van der Waals surface area contributed by atoms with Crippen LogP contribution in [0.2, 0.25) is 10.0 Å². The molecule has 1 fully saturated rings. The van der Waals surface area contributed by atoms with Gasteiger partial charge >= 0.3 is 0 Å². The molecule has 0 radical (unpaired) electrons. The number of piperidine rings is 1. The van der Waals surface area contributed by atoms with Gasteiger partial charge in [0.05, 0.1) is 22.2 Å². The summed E-state index contributed by atoms with van der Waals surface area (Å²) in [5.74, 6) is -0.398. The molecular formula is C17H20Cl2N6O2. The average Bonchev–Trinajstić information content (AvgIpc) is 2.64. The topological polar surface area (TPSA) is 144 Å². The van der Waals surface area contributed by atoms with E-state index in [2.05, 4.69) is 9.97 Å². The van der Waals surface area contributed by atoms with Crippen molar-refractivity contribution >= 4 is 40.9 Å². The molecule has 0 unspecified atom stereocenters. The highest BCUT2D eigenvalue weighted by molar-refractivity contribution is 6.44. The fraction of sp³-hybridized carbons (Fsp3) is 0.353. The molecule has 27 heavy (non-hydrogen) atoms. The van der Waals surface area contributed by atoms with Crippen LogP contribution in [0.15, 0.2) is 18.2 Å². The Balaban J connectivity index is 2.04. The number of nitrogens with two attached hydrogens (primary N) is 3. The Bertz CT molecular complexity index is 884. The molecule has 1 aliphatic heterocycles. The highest BCUT2D eigenvalue weighted by Crippen LogP contribution is 2.38. The predicted octanol–water partition coefficient (Wildman–Crippen LogP) is 1.42. The molecule has 0 bridgehead atoms. The SMILES string of the molecule is NC(=O)c1nc(N2CCC(N)(CO)CC2)nc(N)c1-c1cccc(Cl)c1Cl. The van der Waals surface area contributed by atoms with E-state index in [1.54, 1.807) is 18.2 Å². The Kier molecular flexibility index (Phi) is 5.43. The minimum atomic E-state index is -0.753. The van der Waals surface area contributed by atoms with Gasteiger partial charge in [0.15, 0.2) is 0 Å². The lowest BCUT2D eigenvalue weighted by Gasteiger charge is -2.38. The van der Waals surface area contributed by atoms with Crippen LogP contribution in [-0.4, -0.2) is 46.2 Å². The zero-order valence-corrected chi connectivity index (χ0v) is 16.0. The summed E-state index contributed by atoms with van der Waals surface area (Å²) in [6.45, 7) is 0.945. The maximum Gasteiger partial charge on any atom is 0.268 e. The minimum absolute atomic E-state index is 0.0339. The number of hydrogen-bond acceptors (Lipinski definition) is 7. The first-order valence-electron chi connectivity index (χ1n) is 8.32. The number of hydrogen-bond donors (Lipinski definition) is 4. The number of aliphatic hydroxyl groups excluding tert-OH is 1. The molecule has 0 aliphatic carbocycles. The molecular weight excluding hydrogens is 391 g/mol. The van der Waals surface area contributed by atoms with Gasteiger partial charge in [0, 0.05) is 24.2 Å². The van der Waals surface area contributed by atoms with Crippen LogP contribution in [0.4, 0.5) is 11.8 Å². The van der Waals surface area contributed by atoms with E-state index in [1.165, 1.54) is 0 Å². The van der Waals surface area contributed by atoms with Gasteiger partial charge in [-0.15, -0.1) is 0 Å². The standard InChI is InChI=1S/C17H20Cl2N6O2/c18-10-3-1-2-9(12(10)19)11-13(15(21)27)23-16(24-14(11)20)25-6-4-17(22,8-26)5-7-25/h1-3,26H,4-8,22H2,(H2,21,27)(H2,20,23,24). The predicted molar refractivity (Wildman–Crippen MR) is 106 cm³/mol. The zero-order chi connectivity index (χ0) is 19.8. The first-order valence-corrected chi connectivity index (χ1v) is 9.08. The molecule has 144 valence electrons. The van der Waals surface area contributed by atoms with E-state index < -0.39 is 11.4 Å². The highest BCUT2D eigenvalue weighted by Gasteiger charge is 2.32. The fourth-order valence-corrected chi connectivity index (χ4v) is 3.45. The van der Waals surface area contributed by atoms with E-state index in [0.29, 0.717) is 36.5 Å². The van der Waals surface area contributed by atoms with Crippen molar-refractivity contribution in [1.29, 1.82) is 0 Å². The number of anilines is 2. The van der Waals surface area contributed by atoms with Gasteiger partial charge in [-0.1, -0.05) is 35.3 Å². The summed E-state index contributed by atoms with van der Waals surface area (Å²) in [5.41, 5.74) is 17.8. The van der Waals surface area contributed by atoms with Crippen molar-refractivity contribution in [2.24, 2.45) is 11.5 Å². The van der Waals surface area contributed by atoms with Crippen molar-refractivity contribution in [3.8, 4) is 11.1 Å². The van der Waals surface area contributed by atoms with E-state index in [9.17, 15) is 9.90 Å². The van der Waals surface area contributed by atoms with Gasteiger partial charge in [0.1, 0.15) is 11.5 Å². The van der Waals surface area contributed by atoms with E-state index in [4.69, 9.17) is 40.4 Å². The highest BCUT2D eigenvalue weighted by atomic mass is 35.5. The number of rotatable bonds is 4. The summed E-state index contributed by atoms with van der Waals surface area (Å²) in [6.07, 6.45) is 1.11. The van der Waals surface area contributed by atoms with Gasteiger partial charge in [-0.2, -0.15) is 4.98 Å². The molecule has 10 heteroatoms. The zero-order valence-electron chi connectivity index (χ0n) is 14.5. The molecule has 0 spiro atoms. The normalized spacial score (nSPS) is 16.4. The van der Waals surface area contributed by atoms with Gasteiger partial charge < -0.3 is 27.2 Å². The molecule has 8 nitrogen and oxygen atoms in total. The van der Waals surface area contributed by atoms with E-state index in [-0.39, 0.29) is 34.7 Å². The fourth-order valence-electron chi connectivity index (χ4n) is 3.06. The van der Waals surface area contributed by atoms with Crippen LogP contribution in [0.3, 0.4) is 0 Å². The molecule has 2 aromatic rings. The number of aromatic nitrogens is 2. The van der Waals surface area contributed by atoms with E-state index >= 15 is 0 Å². The molecule has 1 aliphatic rings. The van der Waals surface area contributed by atoms with E-state index in [1.807, 2.05) is 4.90 Å². The maximum atomic E-state index is 12.1. The molecule has 2 heterocycles. The minimum Gasteiger partial charge on any atom is -0.394 e. The number of amides is 1. The van der Waals surface area contributed by atoms with Crippen LogP contribution in [0.25, 0.3) is 11.1 Å². The molecule has 0 atom stereocenters. The van der Waals surface area contributed by atoms with Gasteiger partial charge in [-0.05, 0) is 18.9 Å². The van der Waals surface area contributed by atoms with Crippen molar-refractivity contribution in [3.05, 3.63) is 33.9 Å². The third-order valence-electron chi connectivity index (χ3n) is 4.74. The second-order valence-corrected chi connectivity index (χ2v) is 7.39. The molecule has 3 rings (SSSR count). The first-order chi connectivity index (χ1) is 12.8. The molecule has 1 aromatic carbocycles. The summed E-state index contributed by atoms with van der Waals surface area (Å²) >= 11 is 12.3. The van der Waals surface area contributed by atoms with Crippen LogP contribution in [0.1, 0.15) is 23.3 Å². The Morgan fingerprint density at radius 2 is 1.93 bits per heavy atom. The van der Waals surface area contributed by atoms with Crippen molar-refractivity contribution in [3.63, 3.8) is 0 Å². The number of benzene rings is 1. The van der Waals surface area contributed by atoms with Gasteiger partial charge in [-0.25, -0.2) is 4.98 Å². The van der Waals surface area contributed by atoms with Gasteiger partial charge in [0.2, 0.25) is 5.95 Å². The lowest BCUT2D eigenvalue weighted by molar-refractivity contribution is 0.0996. The van der Waals surface area contributed by atoms with Crippen LogP contribution < -0.4 is 22.1 Å². The number of carbonyl (C=O) groups excluding carboxylic acids is 1. The molecule has 1 amide bonds. The van der Waals surface area contributed by atoms with Gasteiger partial charge in [0.25, 0.3) is 5.91 Å². The molecule has 1 aromatic heterocycles. The summed E-state index contributed by atoms with van der Waals surface area (Å²) in [7, 11) is 0. The Morgan fingerprint density at radius 3 is 2.52 bits per heavy atom. The Hall–Kier alpha value is -2.13. The number of aliphatic hydroxyl groups is 1. The summed E-state index contributed by atoms with van der Waals surface area (Å²) < 4.78 is 0. The van der Waals surface area contributed by atoms with Crippen molar-refractivity contribution in [2.45, 2.75) is 18.4 Å². The summed E-state index contributed by atoms with van der Waals surface area (Å²) in [5, 5.41) is 9.95. The second-order valence-electron chi connectivity index (χ2n) is 6.61. The summed E-state index contributed by atoms with van der Waals surface area (Å²) in [4.78, 5) is 22.6. The third-order valence-corrected chi connectivity index (χ3v) is 5.56. The van der Waals surface area contributed by atoms with Gasteiger partial charge in [-0.3, -0.25) is 4.79 Å². The quantitative estimate of drug-likeness (QED) is 0.596. The van der Waals surface area contributed by atoms with Crippen molar-refractivity contribution in [2.75, 3.05) is 30.3 Å². The van der Waals surface area contributed by atoms with Crippen LogP contribution in [-0.2, 0) is 0 Å². The third kappa shape index (κ3) is 3.79. The smallest absolute Gasteiger partial charge is 0.268 e. The molecule has 7 N–H and O–H groups in total. The monoisotopic (exact) mass is 410 g/mol. The van der Waals surface area contributed by atoms with Crippen LogP contribution in [0.5, 0.6) is 0 Å². The number of halogens is 2. The lowest BCUT2D eigenvalue weighted by Crippen LogP contribution is -2.53. The second kappa shape index (κ2) is 7.47. The molecule has 0 saturated carbocycles. The van der Waals surface area contributed by atoms with Crippen molar-refractivity contribution in [1.82, 2.24) is 9.97 Å². The summed E-state index contributed by atoms with van der Waals surface area (Å²) in [6, 6.07) is 4.97. The number of nitrogen functional groups attached to an aromatic ring is 1.